The molecular formula is C23H26IN3O3. The summed E-state index contributed by atoms with van der Waals surface area (Å²) in [7, 11) is 0. The smallest absolute Gasteiger partial charge is 0.282 e. The van der Waals surface area contributed by atoms with Crippen molar-refractivity contribution in [3.63, 3.8) is 0 Å². The monoisotopic (exact) mass is 519 g/mol. The third-order valence-corrected chi connectivity index (χ3v) is 5.58. The molecule has 30 heavy (non-hydrogen) atoms. The van der Waals surface area contributed by atoms with Crippen molar-refractivity contribution >= 4 is 51.9 Å². The highest BCUT2D eigenvalue weighted by Gasteiger charge is 2.34. The van der Waals surface area contributed by atoms with E-state index in [0.29, 0.717) is 23.6 Å². The molecule has 2 aromatic carbocycles. The van der Waals surface area contributed by atoms with Crippen LogP contribution in [-0.4, -0.2) is 31.5 Å². The Bertz CT molecular complexity index is 953. The minimum atomic E-state index is -0.423. The van der Waals surface area contributed by atoms with Crippen LogP contribution in [0, 0.1) is 3.57 Å². The topological polar surface area (TPSA) is 61.9 Å². The molecule has 0 bridgehead atoms. The van der Waals surface area contributed by atoms with Gasteiger partial charge >= 0.3 is 0 Å². The molecule has 0 aliphatic carbocycles. The van der Waals surface area contributed by atoms with Crippen molar-refractivity contribution in [2.24, 2.45) is 0 Å². The first-order chi connectivity index (χ1) is 14.5. The Balaban J connectivity index is 1.95. The predicted octanol–water partition coefficient (Wildman–Crippen LogP) is 4.39. The Hall–Kier alpha value is -2.55. The first kappa shape index (κ1) is 22.1. The van der Waals surface area contributed by atoms with Gasteiger partial charge in [0.1, 0.15) is 11.3 Å². The number of hydrogen-bond donors (Lipinski definition) is 1. The largest absolute Gasteiger partial charge is 0.493 e. The lowest BCUT2D eigenvalue weighted by atomic mass is 10.1. The molecule has 3 rings (SSSR count). The molecule has 1 heterocycles. The molecule has 6 nitrogen and oxygen atoms in total. The van der Waals surface area contributed by atoms with Gasteiger partial charge in [-0.3, -0.25) is 15.0 Å². The number of hydrogen-bond acceptors (Lipinski definition) is 4. The van der Waals surface area contributed by atoms with Crippen molar-refractivity contribution in [1.29, 1.82) is 0 Å². The number of nitrogens with zero attached hydrogens (tertiary/aromatic N) is 2. The Morgan fingerprint density at radius 3 is 2.40 bits per heavy atom. The molecule has 2 aromatic rings. The van der Waals surface area contributed by atoms with Gasteiger partial charge in [0.05, 0.1) is 12.3 Å². The second-order valence-corrected chi connectivity index (χ2v) is 8.10. The van der Waals surface area contributed by atoms with Gasteiger partial charge in [-0.15, -0.1) is 0 Å². The van der Waals surface area contributed by atoms with Crippen LogP contribution >= 0.6 is 22.6 Å². The number of benzene rings is 2. The molecule has 0 aromatic heterocycles. The molecule has 1 N–H and O–H groups in total. The maximum Gasteiger partial charge on any atom is 0.282 e. The number of amides is 2. The molecule has 158 valence electrons. The molecule has 0 radical (unpaired) electrons. The lowest BCUT2D eigenvalue weighted by molar-refractivity contribution is -0.117. The van der Waals surface area contributed by atoms with Crippen LogP contribution in [0.5, 0.6) is 5.75 Å². The lowest BCUT2D eigenvalue weighted by Crippen LogP contribution is -2.35. The minimum Gasteiger partial charge on any atom is -0.493 e. The summed E-state index contributed by atoms with van der Waals surface area (Å²) in [6, 6.07) is 13.3. The molecule has 1 saturated heterocycles. The summed E-state index contributed by atoms with van der Waals surface area (Å²) in [6.07, 6.45) is 2.48. The van der Waals surface area contributed by atoms with Crippen molar-refractivity contribution in [3.8, 4) is 5.75 Å². The van der Waals surface area contributed by atoms with Gasteiger partial charge in [-0.05, 0) is 85.3 Å². The third kappa shape index (κ3) is 4.77. The van der Waals surface area contributed by atoms with Crippen LogP contribution in [0.4, 0.5) is 11.4 Å². The molecule has 0 unspecified atom stereocenters. The van der Waals surface area contributed by atoms with Gasteiger partial charge in [0.15, 0.2) is 0 Å². The van der Waals surface area contributed by atoms with Crippen molar-refractivity contribution in [2.45, 2.75) is 27.2 Å². The van der Waals surface area contributed by atoms with Crippen LogP contribution in [0.3, 0.4) is 0 Å². The minimum absolute atomic E-state index is 0.0884. The number of anilines is 2. The van der Waals surface area contributed by atoms with Crippen LogP contribution in [0.2, 0.25) is 0 Å². The van der Waals surface area contributed by atoms with E-state index in [1.165, 1.54) is 5.01 Å². The maximum atomic E-state index is 12.9. The van der Waals surface area contributed by atoms with Crippen molar-refractivity contribution in [3.05, 3.63) is 57.2 Å². The molecule has 0 spiro atoms. The zero-order valence-electron chi connectivity index (χ0n) is 17.4. The molecule has 1 aliphatic rings. The molecule has 0 atom stereocenters. The first-order valence-electron chi connectivity index (χ1n) is 10.1. The van der Waals surface area contributed by atoms with Crippen molar-refractivity contribution in [2.75, 3.05) is 29.6 Å². The second kappa shape index (κ2) is 9.97. The Kier molecular flexibility index (Phi) is 7.36. The number of halogens is 1. The maximum absolute atomic E-state index is 12.9. The zero-order valence-corrected chi connectivity index (χ0v) is 19.6. The molecule has 1 fully saturated rings. The summed E-state index contributed by atoms with van der Waals surface area (Å²) in [4.78, 5) is 27.7. The SMILES string of the molecule is CCCOc1cc(N(CC)CC)ccc1/C=C1\C(=O)NN(c2ccc(I)cc2)C1=O. The molecule has 2 amide bonds. The van der Waals surface area contributed by atoms with E-state index < -0.39 is 5.91 Å². The summed E-state index contributed by atoms with van der Waals surface area (Å²) < 4.78 is 6.99. The van der Waals surface area contributed by atoms with Crippen LogP contribution < -0.4 is 20.1 Å². The van der Waals surface area contributed by atoms with Crippen LogP contribution in [0.25, 0.3) is 6.08 Å². The van der Waals surface area contributed by atoms with Crippen LogP contribution in [0.15, 0.2) is 48.0 Å². The van der Waals surface area contributed by atoms with E-state index in [0.717, 1.165) is 28.8 Å². The predicted molar refractivity (Wildman–Crippen MR) is 129 cm³/mol. The van der Waals surface area contributed by atoms with E-state index in [-0.39, 0.29) is 11.5 Å². The van der Waals surface area contributed by atoms with Crippen LogP contribution in [0.1, 0.15) is 32.8 Å². The second-order valence-electron chi connectivity index (χ2n) is 6.86. The van der Waals surface area contributed by atoms with E-state index >= 15 is 0 Å². The number of carbonyl (C=O) groups excluding carboxylic acids is 2. The van der Waals surface area contributed by atoms with E-state index in [2.05, 4.69) is 46.8 Å². The number of rotatable bonds is 8. The molecule has 0 saturated carbocycles. The van der Waals surface area contributed by atoms with Gasteiger partial charge in [0.2, 0.25) is 0 Å². The quantitative estimate of drug-likeness (QED) is 0.320. The van der Waals surface area contributed by atoms with Crippen LogP contribution in [-0.2, 0) is 9.59 Å². The van der Waals surface area contributed by atoms with E-state index in [1.54, 1.807) is 18.2 Å². The fourth-order valence-electron chi connectivity index (χ4n) is 3.25. The zero-order chi connectivity index (χ0) is 21.7. The fraction of sp³-hybridized carbons (Fsp3) is 0.304. The van der Waals surface area contributed by atoms with Gasteiger partial charge in [-0.1, -0.05) is 6.92 Å². The van der Waals surface area contributed by atoms with E-state index in [4.69, 9.17) is 4.74 Å². The number of carbonyl (C=O) groups is 2. The van der Waals surface area contributed by atoms with Gasteiger partial charge in [-0.2, -0.15) is 0 Å². The number of hydrazine groups is 1. The van der Waals surface area contributed by atoms with E-state index in [9.17, 15) is 9.59 Å². The highest BCUT2D eigenvalue weighted by atomic mass is 127. The van der Waals surface area contributed by atoms with Gasteiger partial charge in [0.25, 0.3) is 11.8 Å². The molecule has 1 aliphatic heterocycles. The highest BCUT2D eigenvalue weighted by Crippen LogP contribution is 2.30. The standard InChI is InChI=1S/C23H26IN3O3/c1-4-13-30-21-15-19(26(5-2)6-3)10-7-16(21)14-20-22(28)25-27(23(20)29)18-11-8-17(24)9-12-18/h7-12,14-15H,4-6,13H2,1-3H3,(H,25,28)/b20-14+. The van der Waals surface area contributed by atoms with Gasteiger partial charge in [-0.25, -0.2) is 5.01 Å². The number of ether oxygens (including phenoxy) is 1. The summed E-state index contributed by atoms with van der Waals surface area (Å²) in [5.74, 6) is -0.134. The Morgan fingerprint density at radius 2 is 1.77 bits per heavy atom. The summed E-state index contributed by atoms with van der Waals surface area (Å²) in [6.45, 7) is 8.58. The lowest BCUT2D eigenvalue weighted by Gasteiger charge is -2.22. The fourth-order valence-corrected chi connectivity index (χ4v) is 3.61. The van der Waals surface area contributed by atoms with E-state index in [1.807, 2.05) is 37.3 Å². The Labute approximate surface area is 191 Å². The van der Waals surface area contributed by atoms with Gasteiger partial charge < -0.3 is 9.64 Å². The highest BCUT2D eigenvalue weighted by molar-refractivity contribution is 14.1. The first-order valence-corrected chi connectivity index (χ1v) is 11.2. The molecule has 7 heteroatoms. The third-order valence-electron chi connectivity index (χ3n) is 4.86. The summed E-state index contributed by atoms with van der Waals surface area (Å²) in [5.41, 5.74) is 5.12. The van der Waals surface area contributed by atoms with Crippen molar-refractivity contribution in [1.82, 2.24) is 5.43 Å². The Morgan fingerprint density at radius 1 is 1.07 bits per heavy atom. The normalized spacial score (nSPS) is 14.9. The van der Waals surface area contributed by atoms with Crippen molar-refractivity contribution < 1.29 is 14.3 Å². The molecular weight excluding hydrogens is 493 g/mol. The summed E-state index contributed by atoms with van der Waals surface area (Å²) in [5, 5.41) is 1.28. The average Bonchev–Trinajstić information content (AvgIpc) is 3.03. The average molecular weight is 519 g/mol. The number of nitrogens with one attached hydrogen (secondary N) is 1. The van der Waals surface area contributed by atoms with Gasteiger partial charge in [0, 0.05) is 34.0 Å². The summed E-state index contributed by atoms with van der Waals surface area (Å²) >= 11 is 2.20.